The van der Waals surface area contributed by atoms with Crippen LogP contribution in [0.2, 0.25) is 0 Å². The molecule has 2 N–H and O–H groups in total. The summed E-state index contributed by atoms with van der Waals surface area (Å²) in [5, 5.41) is 16.3. The van der Waals surface area contributed by atoms with Crippen LogP contribution in [0.1, 0.15) is 41.4 Å². The first-order chi connectivity index (χ1) is 10.8. The van der Waals surface area contributed by atoms with Gasteiger partial charge in [-0.1, -0.05) is 30.3 Å². The van der Waals surface area contributed by atoms with E-state index in [1.54, 1.807) is 41.9 Å². The average molecular weight is 315 g/mol. The number of carbonyl (C=O) groups excluding carboxylic acids is 1. The third-order valence-electron chi connectivity index (χ3n) is 4.06. The van der Waals surface area contributed by atoms with Gasteiger partial charge in [0.05, 0.1) is 11.6 Å². The van der Waals surface area contributed by atoms with Crippen LogP contribution >= 0.6 is 0 Å². The molecule has 2 atom stereocenters. The molecule has 0 bridgehead atoms. The van der Waals surface area contributed by atoms with Gasteiger partial charge in [-0.25, -0.2) is 4.79 Å². The molecule has 2 rings (SSSR count). The first-order valence-electron chi connectivity index (χ1n) is 7.41. The molecule has 23 heavy (non-hydrogen) atoms. The lowest BCUT2D eigenvalue weighted by molar-refractivity contribution is -0.142. The predicted molar refractivity (Wildman–Crippen MR) is 86.1 cm³/mol. The van der Waals surface area contributed by atoms with E-state index in [4.69, 9.17) is 0 Å². The third-order valence-corrected chi connectivity index (χ3v) is 4.06. The van der Waals surface area contributed by atoms with E-state index in [0.717, 1.165) is 17.0 Å². The largest absolute Gasteiger partial charge is 0.479 e. The van der Waals surface area contributed by atoms with Gasteiger partial charge in [0.15, 0.2) is 6.04 Å². The van der Waals surface area contributed by atoms with E-state index in [2.05, 4.69) is 10.4 Å². The van der Waals surface area contributed by atoms with E-state index in [0.29, 0.717) is 5.56 Å². The Kier molecular flexibility index (Phi) is 4.83. The first-order valence-corrected chi connectivity index (χ1v) is 7.41. The Morgan fingerprint density at radius 3 is 2.30 bits per heavy atom. The summed E-state index contributed by atoms with van der Waals surface area (Å²) in [5.41, 5.74) is 3.05. The lowest BCUT2D eigenvalue weighted by Gasteiger charge is -2.18. The second-order valence-corrected chi connectivity index (χ2v) is 5.62. The molecule has 1 aromatic heterocycles. The molecule has 1 heterocycles. The molecule has 0 saturated carbocycles. The zero-order valence-corrected chi connectivity index (χ0v) is 13.7. The monoisotopic (exact) mass is 315 g/mol. The van der Waals surface area contributed by atoms with Crippen molar-refractivity contribution < 1.29 is 14.7 Å². The van der Waals surface area contributed by atoms with Crippen LogP contribution < -0.4 is 5.32 Å². The predicted octanol–water partition coefficient (Wildman–Crippen LogP) is 2.08. The van der Waals surface area contributed by atoms with Gasteiger partial charge >= 0.3 is 5.97 Å². The summed E-state index contributed by atoms with van der Waals surface area (Å²) < 4.78 is 1.72. The van der Waals surface area contributed by atoms with E-state index < -0.39 is 17.9 Å². The van der Waals surface area contributed by atoms with Crippen molar-refractivity contribution in [1.29, 1.82) is 0 Å². The van der Waals surface area contributed by atoms with Crippen LogP contribution in [-0.4, -0.2) is 26.8 Å². The maximum atomic E-state index is 12.5. The van der Waals surface area contributed by atoms with Gasteiger partial charge in [-0.05, 0) is 26.3 Å². The van der Waals surface area contributed by atoms with Crippen LogP contribution in [0.5, 0.6) is 0 Å². The Labute approximate surface area is 135 Å². The number of nitrogens with one attached hydrogen (secondary N) is 1. The number of nitrogens with zero attached hydrogens (tertiary/aromatic N) is 2. The highest BCUT2D eigenvalue weighted by Gasteiger charge is 2.27. The highest BCUT2D eigenvalue weighted by atomic mass is 16.4. The Balaban J connectivity index is 2.24. The minimum absolute atomic E-state index is 0.333. The number of rotatable bonds is 5. The Hall–Kier alpha value is -2.63. The molecular weight excluding hydrogens is 294 g/mol. The van der Waals surface area contributed by atoms with Gasteiger partial charge in [-0.3, -0.25) is 9.48 Å². The van der Waals surface area contributed by atoms with Crippen molar-refractivity contribution in [3.8, 4) is 0 Å². The molecule has 2 unspecified atom stereocenters. The molecule has 0 aliphatic carbocycles. The maximum Gasteiger partial charge on any atom is 0.330 e. The van der Waals surface area contributed by atoms with E-state index in [1.165, 1.54) is 0 Å². The normalized spacial score (nSPS) is 13.4. The van der Waals surface area contributed by atoms with Crippen LogP contribution in [0.4, 0.5) is 0 Å². The van der Waals surface area contributed by atoms with Crippen molar-refractivity contribution in [3.05, 3.63) is 52.8 Å². The SMILES string of the molecule is Cc1nn(C)c(C)c1C(C)C(=O)NC(C(=O)O)c1ccccc1. The summed E-state index contributed by atoms with van der Waals surface area (Å²) in [4.78, 5) is 24.0. The molecule has 6 nitrogen and oxygen atoms in total. The van der Waals surface area contributed by atoms with Gasteiger partial charge in [0, 0.05) is 18.3 Å². The zero-order valence-electron chi connectivity index (χ0n) is 13.7. The van der Waals surface area contributed by atoms with E-state index in [1.807, 2.05) is 20.9 Å². The van der Waals surface area contributed by atoms with Gasteiger partial charge < -0.3 is 10.4 Å². The number of carboxylic acids is 1. The fourth-order valence-corrected chi connectivity index (χ4v) is 2.75. The Morgan fingerprint density at radius 2 is 1.83 bits per heavy atom. The summed E-state index contributed by atoms with van der Waals surface area (Å²) in [6, 6.07) is 7.60. The number of carbonyl (C=O) groups is 2. The summed E-state index contributed by atoms with van der Waals surface area (Å²) >= 11 is 0. The first kappa shape index (κ1) is 16.7. The molecule has 2 aromatic rings. The Bertz CT molecular complexity index is 722. The second-order valence-electron chi connectivity index (χ2n) is 5.62. The molecule has 122 valence electrons. The minimum Gasteiger partial charge on any atom is -0.479 e. The van der Waals surface area contributed by atoms with Gasteiger partial charge in [0.25, 0.3) is 0 Å². The van der Waals surface area contributed by atoms with Gasteiger partial charge in [-0.2, -0.15) is 5.10 Å². The molecule has 0 radical (unpaired) electrons. The number of aromatic nitrogens is 2. The summed E-state index contributed by atoms with van der Waals surface area (Å²) in [6.07, 6.45) is 0. The van der Waals surface area contributed by atoms with Crippen molar-refractivity contribution in [2.45, 2.75) is 32.7 Å². The molecule has 0 aliphatic rings. The summed E-state index contributed by atoms with van der Waals surface area (Å²) in [6.45, 7) is 5.50. The molecule has 1 amide bonds. The van der Waals surface area contributed by atoms with E-state index >= 15 is 0 Å². The van der Waals surface area contributed by atoms with Crippen LogP contribution in [0, 0.1) is 13.8 Å². The van der Waals surface area contributed by atoms with Crippen LogP contribution in [0.3, 0.4) is 0 Å². The fourth-order valence-electron chi connectivity index (χ4n) is 2.75. The van der Waals surface area contributed by atoms with E-state index in [-0.39, 0.29) is 5.91 Å². The van der Waals surface area contributed by atoms with Crippen molar-refractivity contribution in [3.63, 3.8) is 0 Å². The van der Waals surface area contributed by atoms with Crippen LogP contribution in [-0.2, 0) is 16.6 Å². The topological polar surface area (TPSA) is 84.2 Å². The van der Waals surface area contributed by atoms with Crippen molar-refractivity contribution in [2.24, 2.45) is 7.05 Å². The highest BCUT2D eigenvalue weighted by molar-refractivity contribution is 5.88. The molecule has 0 aliphatic heterocycles. The number of hydrogen-bond donors (Lipinski definition) is 2. The van der Waals surface area contributed by atoms with Crippen molar-refractivity contribution in [1.82, 2.24) is 15.1 Å². The van der Waals surface area contributed by atoms with Gasteiger partial charge in [0.2, 0.25) is 5.91 Å². The number of benzene rings is 1. The van der Waals surface area contributed by atoms with Crippen LogP contribution in [0.25, 0.3) is 0 Å². The standard InChI is InChI=1S/C17H21N3O3/c1-10(14-11(2)19-20(4)12(14)3)16(21)18-15(17(22)23)13-8-6-5-7-9-13/h5-10,15H,1-4H3,(H,18,21)(H,22,23). The summed E-state index contributed by atoms with van der Waals surface area (Å²) in [5.74, 6) is -1.90. The highest BCUT2D eigenvalue weighted by Crippen LogP contribution is 2.24. The molecular formula is C17H21N3O3. The average Bonchev–Trinajstić information content (AvgIpc) is 2.77. The molecule has 1 aromatic carbocycles. The maximum absolute atomic E-state index is 12.5. The zero-order chi connectivity index (χ0) is 17.1. The number of aryl methyl sites for hydroxylation is 2. The van der Waals surface area contributed by atoms with Gasteiger partial charge in [-0.15, -0.1) is 0 Å². The molecule has 6 heteroatoms. The lowest BCUT2D eigenvalue weighted by Crippen LogP contribution is -2.36. The molecule has 0 spiro atoms. The van der Waals surface area contributed by atoms with Gasteiger partial charge in [0.1, 0.15) is 0 Å². The number of hydrogen-bond acceptors (Lipinski definition) is 3. The summed E-state index contributed by atoms with van der Waals surface area (Å²) in [7, 11) is 1.82. The van der Waals surface area contributed by atoms with Crippen molar-refractivity contribution in [2.75, 3.05) is 0 Å². The van der Waals surface area contributed by atoms with Crippen molar-refractivity contribution >= 4 is 11.9 Å². The number of carboxylic acid groups (broad SMARTS) is 1. The second kappa shape index (κ2) is 6.64. The molecule has 0 fully saturated rings. The lowest BCUT2D eigenvalue weighted by atomic mass is 9.97. The quantitative estimate of drug-likeness (QED) is 0.885. The number of aliphatic carboxylic acids is 1. The smallest absolute Gasteiger partial charge is 0.330 e. The fraction of sp³-hybridized carbons (Fsp3) is 0.353. The molecule has 0 saturated heterocycles. The third kappa shape index (κ3) is 3.41. The minimum atomic E-state index is -1.09. The van der Waals surface area contributed by atoms with E-state index in [9.17, 15) is 14.7 Å². The number of amides is 1. The van der Waals surface area contributed by atoms with Crippen LogP contribution in [0.15, 0.2) is 30.3 Å². The Morgan fingerprint density at radius 1 is 1.22 bits per heavy atom.